The van der Waals surface area contributed by atoms with Gasteiger partial charge in [0.25, 0.3) is 0 Å². The summed E-state index contributed by atoms with van der Waals surface area (Å²) >= 11 is 5.54. The summed E-state index contributed by atoms with van der Waals surface area (Å²) in [5.74, 6) is 0. The zero-order valence-corrected chi connectivity index (χ0v) is 14.6. The standard InChI is InChI=1S/C18H28N2S/c1-5-13-8-7-9-14(6-2)16(13)20-17(21)19-15-10-11-18(3,4)12-15/h7-9,15H,5-6,10-12H2,1-4H3,(H2,19,20,21). The van der Waals surface area contributed by atoms with E-state index in [0.29, 0.717) is 11.5 Å². The first-order valence-corrected chi connectivity index (χ1v) is 8.54. The van der Waals surface area contributed by atoms with Crippen molar-refractivity contribution < 1.29 is 0 Å². The van der Waals surface area contributed by atoms with Gasteiger partial charge in [-0.05, 0) is 60.9 Å². The average molecular weight is 305 g/mol. The number of anilines is 1. The Bertz CT molecular complexity index is 486. The summed E-state index contributed by atoms with van der Waals surface area (Å²) in [6, 6.07) is 7.02. The lowest BCUT2D eigenvalue weighted by atomic mass is 9.92. The molecule has 0 aliphatic heterocycles. The Morgan fingerprint density at radius 1 is 1.24 bits per heavy atom. The molecule has 0 saturated heterocycles. The predicted molar refractivity (Wildman–Crippen MR) is 96.0 cm³/mol. The maximum atomic E-state index is 5.54. The van der Waals surface area contributed by atoms with Crippen molar-refractivity contribution >= 4 is 23.0 Å². The van der Waals surface area contributed by atoms with Crippen molar-refractivity contribution in [2.45, 2.75) is 65.8 Å². The molecule has 1 aromatic rings. The van der Waals surface area contributed by atoms with Gasteiger partial charge in [0.05, 0.1) is 0 Å². The minimum absolute atomic E-state index is 0.448. The van der Waals surface area contributed by atoms with Gasteiger partial charge >= 0.3 is 0 Å². The van der Waals surface area contributed by atoms with Gasteiger partial charge in [-0.25, -0.2) is 0 Å². The first-order valence-electron chi connectivity index (χ1n) is 8.13. The third-order valence-corrected chi connectivity index (χ3v) is 4.76. The summed E-state index contributed by atoms with van der Waals surface area (Å²) in [5, 5.41) is 7.73. The van der Waals surface area contributed by atoms with E-state index in [1.165, 1.54) is 36.1 Å². The molecule has 0 bridgehead atoms. The fraction of sp³-hybridized carbons (Fsp3) is 0.611. The van der Waals surface area contributed by atoms with Gasteiger partial charge in [0, 0.05) is 11.7 Å². The molecule has 1 unspecified atom stereocenters. The molecule has 0 aromatic heterocycles. The van der Waals surface area contributed by atoms with E-state index in [0.717, 1.165) is 18.0 Å². The van der Waals surface area contributed by atoms with E-state index >= 15 is 0 Å². The van der Waals surface area contributed by atoms with Crippen LogP contribution in [0.15, 0.2) is 18.2 Å². The Hall–Kier alpha value is -1.09. The first-order chi connectivity index (χ1) is 9.95. The number of rotatable bonds is 4. The highest BCUT2D eigenvalue weighted by atomic mass is 32.1. The van der Waals surface area contributed by atoms with Crippen LogP contribution in [0.2, 0.25) is 0 Å². The Labute approximate surface area is 134 Å². The number of nitrogens with one attached hydrogen (secondary N) is 2. The van der Waals surface area contributed by atoms with Crippen LogP contribution in [0.3, 0.4) is 0 Å². The van der Waals surface area contributed by atoms with Crippen molar-refractivity contribution in [2.24, 2.45) is 5.41 Å². The number of para-hydroxylation sites is 1. The molecule has 0 heterocycles. The summed E-state index contributed by atoms with van der Waals surface area (Å²) in [5.41, 5.74) is 4.33. The maximum Gasteiger partial charge on any atom is 0.171 e. The van der Waals surface area contributed by atoms with E-state index in [4.69, 9.17) is 12.2 Å². The minimum atomic E-state index is 0.448. The van der Waals surface area contributed by atoms with E-state index in [1.807, 2.05) is 0 Å². The van der Waals surface area contributed by atoms with Crippen LogP contribution in [0.4, 0.5) is 5.69 Å². The van der Waals surface area contributed by atoms with Crippen LogP contribution in [0.1, 0.15) is 58.1 Å². The summed E-state index contributed by atoms with van der Waals surface area (Å²) in [6.07, 6.45) is 5.74. The molecule has 0 radical (unpaired) electrons. The molecule has 2 nitrogen and oxygen atoms in total. The van der Waals surface area contributed by atoms with Crippen molar-refractivity contribution in [2.75, 3.05) is 5.32 Å². The third-order valence-electron chi connectivity index (χ3n) is 4.54. The molecule has 1 aromatic carbocycles. The van der Waals surface area contributed by atoms with Gasteiger partial charge in [-0.15, -0.1) is 0 Å². The molecule has 1 fully saturated rings. The lowest BCUT2D eigenvalue weighted by molar-refractivity contribution is 0.372. The Kier molecular flexibility index (Phi) is 5.26. The topological polar surface area (TPSA) is 24.1 Å². The van der Waals surface area contributed by atoms with Crippen LogP contribution in [0, 0.1) is 5.41 Å². The largest absolute Gasteiger partial charge is 0.360 e. The number of benzene rings is 1. The fourth-order valence-electron chi connectivity index (χ4n) is 3.30. The second-order valence-corrected chi connectivity index (χ2v) is 7.27. The van der Waals surface area contributed by atoms with E-state index in [2.05, 4.69) is 56.5 Å². The molecule has 1 atom stereocenters. The first kappa shape index (κ1) is 16.3. The highest BCUT2D eigenvalue weighted by molar-refractivity contribution is 7.80. The molecule has 116 valence electrons. The van der Waals surface area contributed by atoms with Crippen LogP contribution in [-0.2, 0) is 12.8 Å². The summed E-state index contributed by atoms with van der Waals surface area (Å²) in [4.78, 5) is 0. The molecule has 1 aliphatic carbocycles. The van der Waals surface area contributed by atoms with Crippen molar-refractivity contribution in [3.63, 3.8) is 0 Å². The number of thiocarbonyl (C=S) groups is 1. The normalized spacial score (nSPS) is 20.3. The molecule has 3 heteroatoms. The van der Waals surface area contributed by atoms with Crippen molar-refractivity contribution in [3.05, 3.63) is 29.3 Å². The molecule has 2 N–H and O–H groups in total. The second kappa shape index (κ2) is 6.78. The van der Waals surface area contributed by atoms with Gasteiger partial charge in [-0.2, -0.15) is 0 Å². The highest BCUT2D eigenvalue weighted by Gasteiger charge is 2.31. The van der Waals surface area contributed by atoms with Gasteiger partial charge in [0.15, 0.2) is 5.11 Å². The molecule has 0 spiro atoms. The van der Waals surface area contributed by atoms with Gasteiger partial charge in [0.2, 0.25) is 0 Å². The summed E-state index contributed by atoms with van der Waals surface area (Å²) in [7, 11) is 0. The van der Waals surface area contributed by atoms with Gasteiger partial charge in [0.1, 0.15) is 0 Å². The third kappa shape index (κ3) is 4.19. The van der Waals surface area contributed by atoms with Gasteiger partial charge in [-0.1, -0.05) is 45.9 Å². The van der Waals surface area contributed by atoms with Gasteiger partial charge in [-0.3, -0.25) is 0 Å². The van der Waals surface area contributed by atoms with E-state index in [9.17, 15) is 0 Å². The minimum Gasteiger partial charge on any atom is -0.360 e. The van der Waals surface area contributed by atoms with Crippen molar-refractivity contribution in [3.8, 4) is 0 Å². The summed E-state index contributed by atoms with van der Waals surface area (Å²) < 4.78 is 0. The molecule has 21 heavy (non-hydrogen) atoms. The van der Waals surface area contributed by atoms with Crippen LogP contribution in [0.5, 0.6) is 0 Å². The van der Waals surface area contributed by atoms with Crippen LogP contribution >= 0.6 is 12.2 Å². The molecule has 2 rings (SSSR count). The quantitative estimate of drug-likeness (QED) is 0.790. The van der Waals surface area contributed by atoms with Crippen LogP contribution in [-0.4, -0.2) is 11.2 Å². The molecular weight excluding hydrogens is 276 g/mol. The maximum absolute atomic E-state index is 5.54. The van der Waals surface area contributed by atoms with Crippen molar-refractivity contribution in [1.29, 1.82) is 0 Å². The number of hydrogen-bond acceptors (Lipinski definition) is 1. The lowest BCUT2D eigenvalue weighted by Crippen LogP contribution is -2.37. The number of aryl methyl sites for hydroxylation is 2. The average Bonchev–Trinajstić information content (AvgIpc) is 2.77. The molecule has 0 amide bonds. The number of hydrogen-bond donors (Lipinski definition) is 2. The zero-order chi connectivity index (χ0) is 15.5. The Balaban J connectivity index is 2.03. The van der Waals surface area contributed by atoms with Crippen LogP contribution < -0.4 is 10.6 Å². The van der Waals surface area contributed by atoms with E-state index in [-0.39, 0.29) is 0 Å². The fourth-order valence-corrected chi connectivity index (χ4v) is 3.57. The monoisotopic (exact) mass is 304 g/mol. The Morgan fingerprint density at radius 2 is 1.86 bits per heavy atom. The molecule has 1 saturated carbocycles. The van der Waals surface area contributed by atoms with E-state index < -0.39 is 0 Å². The van der Waals surface area contributed by atoms with Crippen molar-refractivity contribution in [1.82, 2.24) is 5.32 Å². The highest BCUT2D eigenvalue weighted by Crippen LogP contribution is 2.37. The predicted octanol–water partition coefficient (Wildman–Crippen LogP) is 4.68. The lowest BCUT2D eigenvalue weighted by Gasteiger charge is -2.21. The molecular formula is C18H28N2S. The Morgan fingerprint density at radius 3 is 2.33 bits per heavy atom. The summed E-state index contributed by atoms with van der Waals surface area (Å²) in [6.45, 7) is 9.06. The van der Waals surface area contributed by atoms with Crippen LogP contribution in [0.25, 0.3) is 0 Å². The second-order valence-electron chi connectivity index (χ2n) is 6.86. The SMILES string of the molecule is CCc1cccc(CC)c1NC(=S)NC1CCC(C)(C)C1. The van der Waals surface area contributed by atoms with Gasteiger partial charge < -0.3 is 10.6 Å². The zero-order valence-electron chi connectivity index (χ0n) is 13.8. The smallest absolute Gasteiger partial charge is 0.171 e. The molecule has 1 aliphatic rings. The van der Waals surface area contributed by atoms with E-state index in [1.54, 1.807) is 0 Å².